The first-order valence-electron chi connectivity index (χ1n) is 12.8. The van der Waals surface area contributed by atoms with Crippen LogP contribution in [0.25, 0.3) is 0 Å². The van der Waals surface area contributed by atoms with Crippen LogP contribution in [0.4, 0.5) is 28.9 Å². The van der Waals surface area contributed by atoms with Gasteiger partial charge in [-0.25, -0.2) is 17.6 Å². The summed E-state index contributed by atoms with van der Waals surface area (Å²) in [5.41, 5.74) is -0.456. The lowest BCUT2D eigenvalue weighted by Crippen LogP contribution is -2.53. The van der Waals surface area contributed by atoms with Crippen LogP contribution in [-0.2, 0) is 14.3 Å². The topological polar surface area (TPSA) is 91.0 Å². The van der Waals surface area contributed by atoms with Gasteiger partial charge in [0.2, 0.25) is 5.91 Å². The Morgan fingerprint density at radius 1 is 1.18 bits per heavy atom. The minimum absolute atomic E-state index is 0.00373. The summed E-state index contributed by atoms with van der Waals surface area (Å²) >= 11 is 6.93. The molecule has 218 valence electrons. The molecule has 1 aromatic heterocycles. The summed E-state index contributed by atoms with van der Waals surface area (Å²) in [7, 11) is 0. The zero-order chi connectivity index (χ0) is 28.8. The molecular weight excluding hydrogens is 576 g/mol. The molecule has 1 atom stereocenters. The van der Waals surface area contributed by atoms with E-state index in [0.29, 0.717) is 9.21 Å². The van der Waals surface area contributed by atoms with Crippen LogP contribution in [0.3, 0.4) is 0 Å². The van der Waals surface area contributed by atoms with Crippen molar-refractivity contribution < 1.29 is 36.7 Å². The molecule has 2 aromatic rings. The Bertz CT molecular complexity index is 1210. The molecule has 0 unspecified atom stereocenters. The molecule has 0 spiro atoms. The van der Waals surface area contributed by atoms with E-state index < -0.39 is 48.7 Å². The second-order valence-electron chi connectivity index (χ2n) is 9.63. The van der Waals surface area contributed by atoms with Gasteiger partial charge in [0.15, 0.2) is 0 Å². The van der Waals surface area contributed by atoms with Crippen LogP contribution >= 0.6 is 22.9 Å². The fourth-order valence-electron chi connectivity index (χ4n) is 4.66. The van der Waals surface area contributed by atoms with Gasteiger partial charge in [-0.1, -0.05) is 18.0 Å². The molecule has 1 aliphatic heterocycles. The molecule has 1 saturated heterocycles. The number of morpholine rings is 1. The summed E-state index contributed by atoms with van der Waals surface area (Å²) in [4.78, 5) is 41.1. The van der Waals surface area contributed by atoms with Crippen molar-refractivity contribution in [2.24, 2.45) is 5.92 Å². The lowest BCUT2D eigenvalue weighted by atomic mass is 9.85. The predicted octanol–water partition coefficient (Wildman–Crippen LogP) is 4.81. The molecule has 1 aromatic carbocycles. The van der Waals surface area contributed by atoms with E-state index in [4.69, 9.17) is 16.3 Å². The lowest BCUT2D eigenvalue weighted by molar-refractivity contribution is -0.125. The van der Waals surface area contributed by atoms with Crippen LogP contribution in [-0.4, -0.2) is 74.5 Å². The molecule has 1 aliphatic carbocycles. The Labute approximate surface area is 237 Å². The fourth-order valence-corrected chi connectivity index (χ4v) is 5.62. The maximum Gasteiger partial charge on any atom is 0.265 e. The minimum atomic E-state index is -2.95. The highest BCUT2D eigenvalue weighted by atomic mass is 35.5. The molecular formula is C26H29ClF4N4O4S. The quantitative estimate of drug-likeness (QED) is 0.340. The van der Waals surface area contributed by atoms with Crippen LogP contribution in [0.15, 0.2) is 30.3 Å². The van der Waals surface area contributed by atoms with Gasteiger partial charge in [0.05, 0.1) is 28.1 Å². The highest BCUT2D eigenvalue weighted by molar-refractivity contribution is 7.18. The molecule has 0 radical (unpaired) electrons. The molecule has 0 bridgehead atoms. The molecule has 2 fully saturated rings. The summed E-state index contributed by atoms with van der Waals surface area (Å²) in [5, 5.41) is 5.17. The number of thiophene rings is 1. The van der Waals surface area contributed by atoms with Crippen molar-refractivity contribution in [3.8, 4) is 0 Å². The highest BCUT2D eigenvalue weighted by Crippen LogP contribution is 2.33. The summed E-state index contributed by atoms with van der Waals surface area (Å²) in [6.07, 6.45) is -3.04. The van der Waals surface area contributed by atoms with Crippen molar-refractivity contribution in [3.63, 3.8) is 0 Å². The van der Waals surface area contributed by atoms with Gasteiger partial charge in [-0.15, -0.1) is 11.3 Å². The highest BCUT2D eigenvalue weighted by Gasteiger charge is 2.33. The van der Waals surface area contributed by atoms with Gasteiger partial charge in [-0.05, 0) is 49.1 Å². The van der Waals surface area contributed by atoms with Gasteiger partial charge in [0.1, 0.15) is 12.6 Å². The van der Waals surface area contributed by atoms with Crippen molar-refractivity contribution in [1.82, 2.24) is 10.2 Å². The average molecular weight is 605 g/mol. The zero-order valence-electron chi connectivity index (χ0n) is 21.4. The minimum Gasteiger partial charge on any atom is -0.370 e. The monoisotopic (exact) mass is 604 g/mol. The van der Waals surface area contributed by atoms with Crippen molar-refractivity contribution in [2.75, 3.05) is 49.6 Å². The Kier molecular flexibility index (Phi) is 10.4. The van der Waals surface area contributed by atoms with Crippen molar-refractivity contribution in [2.45, 2.75) is 38.2 Å². The first kappa shape index (κ1) is 30.2. The van der Waals surface area contributed by atoms with E-state index in [9.17, 15) is 31.9 Å². The summed E-state index contributed by atoms with van der Waals surface area (Å²) in [6.45, 7) is -0.696. The molecule has 3 amide bonds. The van der Waals surface area contributed by atoms with Crippen LogP contribution in [0, 0.1) is 5.92 Å². The normalized spacial score (nSPS) is 16.9. The zero-order valence-corrected chi connectivity index (χ0v) is 23.0. The first-order valence-corrected chi connectivity index (χ1v) is 14.0. The number of benzene rings is 1. The molecule has 4 rings (SSSR count). The maximum atomic E-state index is 14.0. The van der Waals surface area contributed by atoms with E-state index in [-0.39, 0.29) is 50.1 Å². The van der Waals surface area contributed by atoms with Crippen LogP contribution in [0.1, 0.15) is 40.9 Å². The number of carbonyl (C=O) groups excluding carboxylic acids is 3. The van der Waals surface area contributed by atoms with Crippen LogP contribution in [0.2, 0.25) is 4.34 Å². The number of amides is 3. The third kappa shape index (κ3) is 7.71. The average Bonchev–Trinajstić information content (AvgIpc) is 3.32. The number of nitrogens with one attached hydrogen (secondary N) is 2. The third-order valence-corrected chi connectivity index (χ3v) is 8.12. The van der Waals surface area contributed by atoms with Crippen molar-refractivity contribution in [3.05, 3.63) is 45.1 Å². The molecule has 2 heterocycles. The number of halogens is 5. The fraction of sp³-hybridized carbons (Fsp3) is 0.500. The standard InChI is InChI=1S/C26H29ClF4N4O4S/c27-21-7-6-20(40-21)26(38)32-11-19(34(13-22(28)29)12-15-2-1-3-15)25(37)33-16-4-5-18(17(10-16)24(30)31)35-8-9-39-14-23(35)36/h4-7,10,15,19,22,24H,1-3,8-9,11-14H2,(H,32,38)(H,33,37)/t19-/m1/s1. The SMILES string of the molecule is O=C(NC[C@H](C(=O)Nc1ccc(N2CCOCC2=O)c(C(F)F)c1)N(CC(F)F)CC1CCC1)c1ccc(Cl)s1. The van der Waals surface area contributed by atoms with E-state index in [1.165, 1.54) is 28.0 Å². The molecule has 8 nitrogen and oxygen atoms in total. The Hall–Kier alpha value is -2.74. The second kappa shape index (κ2) is 13.7. The summed E-state index contributed by atoms with van der Waals surface area (Å²) in [5.74, 6) is -1.59. The first-order chi connectivity index (χ1) is 19.1. The Morgan fingerprint density at radius 3 is 2.55 bits per heavy atom. The number of hydrogen-bond acceptors (Lipinski definition) is 6. The van der Waals surface area contributed by atoms with E-state index in [1.807, 2.05) is 0 Å². The van der Waals surface area contributed by atoms with E-state index in [2.05, 4.69) is 10.6 Å². The van der Waals surface area contributed by atoms with Gasteiger partial charge in [0, 0.05) is 30.9 Å². The maximum absolute atomic E-state index is 14.0. The number of ether oxygens (including phenoxy) is 1. The smallest absolute Gasteiger partial charge is 0.265 e. The summed E-state index contributed by atoms with van der Waals surface area (Å²) < 4.78 is 60.6. The number of hydrogen-bond donors (Lipinski definition) is 2. The molecule has 40 heavy (non-hydrogen) atoms. The lowest BCUT2D eigenvalue weighted by Gasteiger charge is -2.36. The molecule has 1 saturated carbocycles. The number of anilines is 2. The summed E-state index contributed by atoms with van der Waals surface area (Å²) in [6, 6.07) is 5.59. The number of nitrogens with zero attached hydrogens (tertiary/aromatic N) is 2. The van der Waals surface area contributed by atoms with Crippen LogP contribution < -0.4 is 15.5 Å². The number of alkyl halides is 4. The third-order valence-electron chi connectivity index (χ3n) is 6.89. The van der Waals surface area contributed by atoms with E-state index >= 15 is 0 Å². The largest absolute Gasteiger partial charge is 0.370 e. The number of rotatable bonds is 12. The molecule has 2 aliphatic rings. The molecule has 2 N–H and O–H groups in total. The van der Waals surface area contributed by atoms with Gasteiger partial charge < -0.3 is 20.3 Å². The van der Waals surface area contributed by atoms with Gasteiger partial charge in [-0.3, -0.25) is 19.3 Å². The van der Waals surface area contributed by atoms with Gasteiger partial charge in [-0.2, -0.15) is 0 Å². The second-order valence-corrected chi connectivity index (χ2v) is 11.3. The number of carbonyl (C=O) groups is 3. The Morgan fingerprint density at radius 2 is 1.95 bits per heavy atom. The van der Waals surface area contributed by atoms with E-state index in [1.54, 1.807) is 6.07 Å². The van der Waals surface area contributed by atoms with E-state index in [0.717, 1.165) is 36.7 Å². The van der Waals surface area contributed by atoms with Crippen molar-refractivity contribution >= 4 is 52.0 Å². The van der Waals surface area contributed by atoms with Gasteiger partial charge in [0.25, 0.3) is 24.7 Å². The predicted molar refractivity (Wildman–Crippen MR) is 144 cm³/mol. The van der Waals surface area contributed by atoms with Crippen LogP contribution in [0.5, 0.6) is 0 Å². The molecule has 14 heteroatoms. The van der Waals surface area contributed by atoms with Crippen molar-refractivity contribution in [1.29, 1.82) is 0 Å². The van der Waals surface area contributed by atoms with Gasteiger partial charge >= 0.3 is 0 Å². The Balaban J connectivity index is 1.56.